The number of nitrogens with one attached hydrogen (secondary N) is 2. The summed E-state index contributed by atoms with van der Waals surface area (Å²) in [5, 5.41) is 4.56. The Balaban J connectivity index is 1.97. The van der Waals surface area contributed by atoms with Crippen LogP contribution in [0.1, 0.15) is 12.6 Å². The van der Waals surface area contributed by atoms with Crippen molar-refractivity contribution in [2.24, 2.45) is 0 Å². The predicted molar refractivity (Wildman–Crippen MR) is 92.7 cm³/mol. The molecule has 1 heterocycles. The fourth-order valence-electron chi connectivity index (χ4n) is 2.59. The number of rotatable bonds is 5. The van der Waals surface area contributed by atoms with Crippen molar-refractivity contribution in [3.63, 3.8) is 0 Å². The molecule has 0 aliphatic rings. The summed E-state index contributed by atoms with van der Waals surface area (Å²) in [6, 6.07) is 16.1. The fraction of sp³-hybridized carbons (Fsp3) is 0.211. The van der Waals surface area contributed by atoms with Crippen molar-refractivity contribution < 1.29 is 14.5 Å². The Labute approximate surface area is 136 Å². The average molecular weight is 309 g/mol. The van der Waals surface area contributed by atoms with Crippen molar-refractivity contribution in [3.05, 3.63) is 54.2 Å². The van der Waals surface area contributed by atoms with E-state index in [4.69, 9.17) is 9.47 Å². The van der Waals surface area contributed by atoms with Gasteiger partial charge in [0.2, 0.25) is 5.52 Å². The number of ether oxygens (including phenoxy) is 2. The molecule has 4 heteroatoms. The summed E-state index contributed by atoms with van der Waals surface area (Å²) in [5.41, 5.74) is 4.22. The Morgan fingerprint density at radius 1 is 1.00 bits per heavy atom. The van der Waals surface area contributed by atoms with E-state index in [2.05, 4.69) is 16.4 Å². The molecule has 4 nitrogen and oxygen atoms in total. The summed E-state index contributed by atoms with van der Waals surface area (Å²) in [6.45, 7) is 4.70. The van der Waals surface area contributed by atoms with Crippen LogP contribution in [0.25, 0.3) is 10.9 Å². The van der Waals surface area contributed by atoms with Gasteiger partial charge in [-0.05, 0) is 43.3 Å². The standard InChI is InChI=1S/C19H20N2O2/c1-4-23-15-7-5-14(6-8-15)21-19-11-13(2)20-18-10-9-16(22-3)12-17(18)19/h5-12H,4H2,1-3H3,(H,20,21)/p+1. The highest BCUT2D eigenvalue weighted by atomic mass is 16.5. The van der Waals surface area contributed by atoms with E-state index in [1.807, 2.05) is 56.3 Å². The van der Waals surface area contributed by atoms with Crippen LogP contribution >= 0.6 is 0 Å². The number of methoxy groups -OCH3 is 1. The molecule has 0 radical (unpaired) electrons. The van der Waals surface area contributed by atoms with Crippen molar-refractivity contribution in [2.75, 3.05) is 19.0 Å². The van der Waals surface area contributed by atoms with Gasteiger partial charge in [-0.2, -0.15) is 0 Å². The highest BCUT2D eigenvalue weighted by molar-refractivity contribution is 5.92. The van der Waals surface area contributed by atoms with Gasteiger partial charge in [-0.25, -0.2) is 4.98 Å². The van der Waals surface area contributed by atoms with Crippen molar-refractivity contribution in [3.8, 4) is 11.5 Å². The summed E-state index contributed by atoms with van der Waals surface area (Å²) < 4.78 is 10.8. The lowest BCUT2D eigenvalue weighted by molar-refractivity contribution is -0.354. The molecule has 3 rings (SSSR count). The molecule has 0 aliphatic carbocycles. The minimum Gasteiger partial charge on any atom is -0.497 e. The van der Waals surface area contributed by atoms with Crippen LogP contribution in [0, 0.1) is 6.92 Å². The summed E-state index contributed by atoms with van der Waals surface area (Å²) in [5.74, 6) is 1.71. The lowest BCUT2D eigenvalue weighted by Gasteiger charge is -2.10. The number of fused-ring (bicyclic) bond motifs is 1. The Morgan fingerprint density at radius 3 is 2.43 bits per heavy atom. The van der Waals surface area contributed by atoms with Crippen LogP contribution in [0.15, 0.2) is 48.5 Å². The first-order valence-corrected chi connectivity index (χ1v) is 7.70. The minimum absolute atomic E-state index is 0.672. The highest BCUT2D eigenvalue weighted by Crippen LogP contribution is 2.28. The maximum atomic E-state index is 5.48. The predicted octanol–water partition coefficient (Wildman–Crippen LogP) is 4.11. The van der Waals surface area contributed by atoms with Gasteiger partial charge in [0, 0.05) is 24.7 Å². The zero-order valence-corrected chi connectivity index (χ0v) is 13.6. The molecule has 1 aromatic heterocycles. The summed E-state index contributed by atoms with van der Waals surface area (Å²) >= 11 is 0. The van der Waals surface area contributed by atoms with Crippen LogP contribution in [0.5, 0.6) is 11.5 Å². The van der Waals surface area contributed by atoms with Crippen molar-refractivity contribution in [1.29, 1.82) is 0 Å². The molecule has 118 valence electrons. The summed E-state index contributed by atoms with van der Waals surface area (Å²) in [4.78, 5) is 3.38. The second kappa shape index (κ2) is 6.57. The van der Waals surface area contributed by atoms with E-state index in [-0.39, 0.29) is 0 Å². The number of aromatic amines is 1. The van der Waals surface area contributed by atoms with Gasteiger partial charge >= 0.3 is 0 Å². The van der Waals surface area contributed by atoms with E-state index in [0.717, 1.165) is 39.5 Å². The number of anilines is 2. The van der Waals surface area contributed by atoms with Gasteiger partial charge in [-0.3, -0.25) is 0 Å². The van der Waals surface area contributed by atoms with Gasteiger partial charge in [0.25, 0.3) is 0 Å². The molecule has 0 saturated carbocycles. The second-order valence-electron chi connectivity index (χ2n) is 5.36. The van der Waals surface area contributed by atoms with Crippen molar-refractivity contribution in [1.82, 2.24) is 0 Å². The van der Waals surface area contributed by atoms with Gasteiger partial charge in [0.1, 0.15) is 11.5 Å². The molecule has 23 heavy (non-hydrogen) atoms. The van der Waals surface area contributed by atoms with Crippen LogP contribution in [-0.2, 0) is 0 Å². The van der Waals surface area contributed by atoms with Crippen LogP contribution in [0.4, 0.5) is 11.4 Å². The van der Waals surface area contributed by atoms with Crippen LogP contribution in [0.2, 0.25) is 0 Å². The van der Waals surface area contributed by atoms with E-state index in [0.29, 0.717) is 6.61 Å². The molecule has 3 aromatic rings. The number of aromatic nitrogens is 1. The third-order valence-corrected chi connectivity index (χ3v) is 3.65. The molecular formula is C19H21N2O2+. The van der Waals surface area contributed by atoms with Gasteiger partial charge < -0.3 is 14.8 Å². The Hall–Kier alpha value is -2.75. The van der Waals surface area contributed by atoms with E-state index >= 15 is 0 Å². The summed E-state index contributed by atoms with van der Waals surface area (Å²) in [6.07, 6.45) is 0. The maximum Gasteiger partial charge on any atom is 0.213 e. The van der Waals surface area contributed by atoms with Crippen LogP contribution < -0.4 is 19.8 Å². The number of pyridine rings is 1. The van der Waals surface area contributed by atoms with Gasteiger partial charge in [-0.1, -0.05) is 0 Å². The van der Waals surface area contributed by atoms with Gasteiger partial charge in [0.05, 0.1) is 24.8 Å². The number of benzene rings is 2. The Morgan fingerprint density at radius 2 is 1.74 bits per heavy atom. The highest BCUT2D eigenvalue weighted by Gasteiger charge is 2.11. The number of hydrogen-bond donors (Lipinski definition) is 1. The molecule has 0 saturated heterocycles. The van der Waals surface area contributed by atoms with E-state index in [1.165, 1.54) is 0 Å². The molecule has 0 fully saturated rings. The molecule has 0 aliphatic heterocycles. The Kier molecular flexibility index (Phi) is 4.33. The van der Waals surface area contributed by atoms with Gasteiger partial charge in [0.15, 0.2) is 5.69 Å². The molecule has 2 N–H and O–H groups in total. The molecule has 0 bridgehead atoms. The Bertz CT molecular complexity index is 813. The second-order valence-corrected chi connectivity index (χ2v) is 5.36. The smallest absolute Gasteiger partial charge is 0.213 e. The van der Waals surface area contributed by atoms with E-state index in [9.17, 15) is 0 Å². The quantitative estimate of drug-likeness (QED) is 0.771. The first-order chi connectivity index (χ1) is 11.2. The molecule has 0 spiro atoms. The largest absolute Gasteiger partial charge is 0.497 e. The first kappa shape index (κ1) is 15.2. The lowest BCUT2D eigenvalue weighted by atomic mass is 10.1. The zero-order chi connectivity index (χ0) is 16.2. The van der Waals surface area contributed by atoms with Crippen molar-refractivity contribution in [2.45, 2.75) is 13.8 Å². The third-order valence-electron chi connectivity index (χ3n) is 3.65. The van der Waals surface area contributed by atoms with Crippen molar-refractivity contribution >= 4 is 22.3 Å². The summed E-state index contributed by atoms with van der Waals surface area (Å²) in [7, 11) is 1.68. The average Bonchev–Trinajstić information content (AvgIpc) is 2.56. The van der Waals surface area contributed by atoms with E-state index < -0.39 is 0 Å². The monoisotopic (exact) mass is 309 g/mol. The molecule has 0 atom stereocenters. The lowest BCUT2D eigenvalue weighted by Crippen LogP contribution is -2.10. The normalized spacial score (nSPS) is 10.6. The molecule has 0 unspecified atom stereocenters. The topological polar surface area (TPSA) is 44.6 Å². The fourth-order valence-corrected chi connectivity index (χ4v) is 2.59. The van der Waals surface area contributed by atoms with Gasteiger partial charge in [-0.15, -0.1) is 0 Å². The number of H-pyrrole nitrogens is 1. The van der Waals surface area contributed by atoms with Crippen LogP contribution in [0.3, 0.4) is 0 Å². The number of hydrogen-bond acceptors (Lipinski definition) is 3. The number of aryl methyl sites for hydroxylation is 1. The SMILES string of the molecule is CCOc1ccc(Nc2cc(C)[nH+]c3ccc(OC)cc23)cc1. The molecular weight excluding hydrogens is 288 g/mol. The minimum atomic E-state index is 0.672. The molecule has 0 amide bonds. The zero-order valence-electron chi connectivity index (χ0n) is 13.6. The maximum absolute atomic E-state index is 5.48. The molecule has 2 aromatic carbocycles. The van der Waals surface area contributed by atoms with Crippen LogP contribution in [-0.4, -0.2) is 13.7 Å². The third kappa shape index (κ3) is 3.37. The first-order valence-electron chi connectivity index (χ1n) is 7.70. The van der Waals surface area contributed by atoms with E-state index in [1.54, 1.807) is 7.11 Å².